The predicted octanol–water partition coefficient (Wildman–Crippen LogP) is 1.54. The van der Waals surface area contributed by atoms with E-state index in [1.54, 1.807) is 67.5 Å². The number of nitrogens with one attached hydrogen (secondary N) is 1. The molecule has 1 fully saturated rings. The van der Waals surface area contributed by atoms with Crippen molar-refractivity contribution >= 4 is 17.9 Å². The molecule has 7 heteroatoms. The number of carbonyl (C=O) groups is 3. The second-order valence-electron chi connectivity index (χ2n) is 6.53. The first-order chi connectivity index (χ1) is 12.9. The number of hydrogen-bond acceptors (Lipinski definition) is 5. The summed E-state index contributed by atoms with van der Waals surface area (Å²) in [6, 6.07) is 17.4. The molecule has 0 saturated carbocycles. The second-order valence-corrected chi connectivity index (χ2v) is 6.53. The van der Waals surface area contributed by atoms with Gasteiger partial charge < -0.3 is 10.1 Å². The van der Waals surface area contributed by atoms with Gasteiger partial charge in [0.15, 0.2) is 12.3 Å². The first kappa shape index (κ1) is 18.6. The van der Waals surface area contributed by atoms with E-state index in [-0.39, 0.29) is 6.54 Å². The van der Waals surface area contributed by atoms with Crippen LogP contribution in [0, 0.1) is 0 Å². The molecule has 0 spiro atoms. The molecule has 3 amide bonds. The summed E-state index contributed by atoms with van der Waals surface area (Å²) in [4.78, 5) is 40.2. The van der Waals surface area contributed by atoms with Crippen molar-refractivity contribution in [1.82, 2.24) is 15.1 Å². The van der Waals surface area contributed by atoms with Gasteiger partial charge in [-0.3, -0.25) is 14.5 Å². The molecule has 1 aliphatic rings. The van der Waals surface area contributed by atoms with Crippen molar-refractivity contribution in [2.45, 2.75) is 5.54 Å². The first-order valence-corrected chi connectivity index (χ1v) is 8.50. The minimum absolute atomic E-state index is 0.0617. The molecule has 0 radical (unpaired) electrons. The third-order valence-electron chi connectivity index (χ3n) is 4.32. The van der Waals surface area contributed by atoms with Crippen LogP contribution < -0.4 is 5.32 Å². The monoisotopic (exact) mass is 367 g/mol. The Hall–Kier alpha value is -3.19. The summed E-state index contributed by atoms with van der Waals surface area (Å²) >= 11 is 0. The topological polar surface area (TPSA) is 79.0 Å². The van der Waals surface area contributed by atoms with Crippen LogP contribution in [0.2, 0.25) is 0 Å². The smallest absolute Gasteiger partial charge is 0.328 e. The van der Waals surface area contributed by atoms with Gasteiger partial charge >= 0.3 is 12.0 Å². The summed E-state index contributed by atoms with van der Waals surface area (Å²) in [6.07, 6.45) is 0. The lowest BCUT2D eigenvalue weighted by Crippen LogP contribution is -2.45. The largest absolute Gasteiger partial charge is 0.443 e. The molecule has 140 valence electrons. The summed E-state index contributed by atoms with van der Waals surface area (Å²) in [7, 11) is 3.45. The molecule has 0 aliphatic carbocycles. The highest BCUT2D eigenvalue weighted by atomic mass is 16.5. The van der Waals surface area contributed by atoms with Crippen molar-refractivity contribution < 1.29 is 19.1 Å². The molecule has 0 aromatic heterocycles. The van der Waals surface area contributed by atoms with E-state index in [9.17, 15) is 14.4 Å². The number of esters is 1. The third-order valence-corrected chi connectivity index (χ3v) is 4.32. The van der Waals surface area contributed by atoms with Crippen LogP contribution in [0.5, 0.6) is 0 Å². The number of imide groups is 1. The molecule has 1 heterocycles. The standard InChI is InChI=1S/C20H21N3O4/c1-22(2)13-17(24)27-14-23-18(25)20(21-19(23)26,15-9-5-3-6-10-15)16-11-7-4-8-12-16/h3-12H,13-14H2,1-2H3,(H,21,26). The van der Waals surface area contributed by atoms with Crippen molar-refractivity contribution in [3.05, 3.63) is 71.8 Å². The van der Waals surface area contributed by atoms with Crippen LogP contribution in [0.4, 0.5) is 4.79 Å². The van der Waals surface area contributed by atoms with Gasteiger partial charge in [-0.25, -0.2) is 9.69 Å². The number of amides is 3. The maximum Gasteiger partial charge on any atom is 0.328 e. The van der Waals surface area contributed by atoms with Crippen LogP contribution in [0.3, 0.4) is 0 Å². The van der Waals surface area contributed by atoms with Gasteiger partial charge in [-0.15, -0.1) is 0 Å². The second kappa shape index (κ2) is 7.59. The molecule has 0 bridgehead atoms. The summed E-state index contributed by atoms with van der Waals surface area (Å²) in [5, 5.41) is 2.80. The van der Waals surface area contributed by atoms with E-state index in [4.69, 9.17) is 4.74 Å². The van der Waals surface area contributed by atoms with Crippen molar-refractivity contribution in [3.63, 3.8) is 0 Å². The van der Waals surface area contributed by atoms with Gasteiger partial charge in [-0.05, 0) is 25.2 Å². The van der Waals surface area contributed by atoms with Gasteiger partial charge in [-0.1, -0.05) is 60.7 Å². The average Bonchev–Trinajstić information content (AvgIpc) is 2.92. The normalized spacial score (nSPS) is 15.7. The van der Waals surface area contributed by atoms with Gasteiger partial charge in [0, 0.05) is 0 Å². The van der Waals surface area contributed by atoms with Crippen LogP contribution in [-0.2, 0) is 19.9 Å². The molecule has 0 unspecified atom stereocenters. The van der Waals surface area contributed by atoms with E-state index in [0.29, 0.717) is 11.1 Å². The molecule has 2 aromatic rings. The fourth-order valence-electron chi connectivity index (χ4n) is 3.07. The lowest BCUT2D eigenvalue weighted by molar-refractivity contribution is -0.150. The number of hydrogen-bond donors (Lipinski definition) is 1. The average molecular weight is 367 g/mol. The molecule has 1 aliphatic heterocycles. The molecule has 1 N–H and O–H groups in total. The number of ether oxygens (including phenoxy) is 1. The fourth-order valence-corrected chi connectivity index (χ4v) is 3.07. The summed E-state index contributed by atoms with van der Waals surface area (Å²) < 4.78 is 5.11. The van der Waals surface area contributed by atoms with E-state index in [1.807, 2.05) is 12.1 Å². The van der Waals surface area contributed by atoms with Crippen LogP contribution in [0.25, 0.3) is 0 Å². The maximum atomic E-state index is 13.3. The van der Waals surface area contributed by atoms with Crippen molar-refractivity contribution in [1.29, 1.82) is 0 Å². The van der Waals surface area contributed by atoms with Gasteiger partial charge in [-0.2, -0.15) is 0 Å². The fraction of sp³-hybridized carbons (Fsp3) is 0.250. The SMILES string of the molecule is CN(C)CC(=O)OCN1C(=O)NC(c2ccccc2)(c2ccccc2)C1=O. The van der Waals surface area contributed by atoms with Gasteiger partial charge in [0.1, 0.15) is 0 Å². The van der Waals surface area contributed by atoms with Crippen molar-refractivity contribution in [3.8, 4) is 0 Å². The minimum atomic E-state index is -1.35. The highest BCUT2D eigenvalue weighted by molar-refractivity contribution is 6.09. The maximum absolute atomic E-state index is 13.3. The highest BCUT2D eigenvalue weighted by Gasteiger charge is 2.54. The minimum Gasteiger partial charge on any atom is -0.443 e. The van der Waals surface area contributed by atoms with Crippen LogP contribution in [0.15, 0.2) is 60.7 Å². The number of carbonyl (C=O) groups excluding carboxylic acids is 3. The quantitative estimate of drug-likeness (QED) is 0.619. The molecule has 7 nitrogen and oxygen atoms in total. The number of nitrogens with zero attached hydrogens (tertiary/aromatic N) is 2. The number of urea groups is 1. The first-order valence-electron chi connectivity index (χ1n) is 8.50. The Kier molecular flexibility index (Phi) is 5.23. The number of rotatable bonds is 6. The predicted molar refractivity (Wildman–Crippen MR) is 98.6 cm³/mol. The zero-order valence-electron chi connectivity index (χ0n) is 15.2. The molecule has 3 rings (SSSR count). The highest BCUT2D eigenvalue weighted by Crippen LogP contribution is 2.35. The summed E-state index contributed by atoms with van der Waals surface area (Å²) in [5.74, 6) is -1.000. The van der Waals surface area contributed by atoms with Crippen LogP contribution >= 0.6 is 0 Å². The van der Waals surface area contributed by atoms with Crippen LogP contribution in [0.1, 0.15) is 11.1 Å². The molecular formula is C20H21N3O4. The molecule has 1 saturated heterocycles. The third kappa shape index (κ3) is 3.54. The zero-order valence-corrected chi connectivity index (χ0v) is 15.2. The Labute approximate surface area is 157 Å². The van der Waals surface area contributed by atoms with Gasteiger partial charge in [0.2, 0.25) is 0 Å². The van der Waals surface area contributed by atoms with Gasteiger partial charge in [0.05, 0.1) is 6.54 Å². The van der Waals surface area contributed by atoms with E-state index < -0.39 is 30.2 Å². The lowest BCUT2D eigenvalue weighted by Gasteiger charge is -2.27. The van der Waals surface area contributed by atoms with E-state index in [2.05, 4.69) is 5.32 Å². The van der Waals surface area contributed by atoms with Crippen molar-refractivity contribution in [2.75, 3.05) is 27.4 Å². The van der Waals surface area contributed by atoms with Crippen molar-refractivity contribution in [2.24, 2.45) is 0 Å². The Bertz CT molecular complexity index is 797. The molecule has 0 atom stereocenters. The Morgan fingerprint density at radius 3 is 2.00 bits per heavy atom. The van der Waals surface area contributed by atoms with Gasteiger partial charge in [0.25, 0.3) is 5.91 Å². The lowest BCUT2D eigenvalue weighted by atomic mass is 9.83. The Balaban J connectivity index is 1.93. The summed E-state index contributed by atoms with van der Waals surface area (Å²) in [6.45, 7) is -0.370. The number of likely N-dealkylation sites (N-methyl/N-ethyl adjacent to an activating group) is 1. The van der Waals surface area contributed by atoms with Crippen LogP contribution in [-0.4, -0.2) is 55.1 Å². The zero-order chi connectivity index (χ0) is 19.4. The van der Waals surface area contributed by atoms with E-state index >= 15 is 0 Å². The Morgan fingerprint density at radius 1 is 1.00 bits per heavy atom. The van der Waals surface area contributed by atoms with E-state index in [1.165, 1.54) is 0 Å². The molecular weight excluding hydrogens is 346 g/mol. The molecule has 27 heavy (non-hydrogen) atoms. The Morgan fingerprint density at radius 2 is 1.52 bits per heavy atom. The summed E-state index contributed by atoms with van der Waals surface area (Å²) in [5.41, 5.74) is -0.0820. The molecule has 2 aromatic carbocycles. The van der Waals surface area contributed by atoms with E-state index in [0.717, 1.165) is 4.90 Å². The number of benzene rings is 2.